The molecule has 1 atom stereocenters. The second kappa shape index (κ2) is 9.50. The van der Waals surface area contributed by atoms with Crippen molar-refractivity contribution < 1.29 is 22.4 Å². The van der Waals surface area contributed by atoms with Crippen LogP contribution in [0.25, 0.3) is 22.0 Å². The van der Waals surface area contributed by atoms with E-state index in [0.29, 0.717) is 12.4 Å². The summed E-state index contributed by atoms with van der Waals surface area (Å²) in [5.41, 5.74) is -2.00. The lowest BCUT2D eigenvalue weighted by Crippen LogP contribution is -2.55. The molecule has 2 heterocycles. The number of alkyl halides is 3. The normalized spacial score (nSPS) is 16.3. The average Bonchev–Trinajstić information content (AvgIpc) is 2.83. The predicted molar refractivity (Wildman–Crippen MR) is 123 cm³/mol. The first kappa shape index (κ1) is 24.4. The monoisotopic (exact) mass is 503 g/mol. The van der Waals surface area contributed by atoms with E-state index >= 15 is 4.39 Å². The molecule has 1 aliphatic heterocycles. The van der Waals surface area contributed by atoms with E-state index in [1.54, 1.807) is 4.90 Å². The highest BCUT2D eigenvalue weighted by Gasteiger charge is 2.35. The standard InChI is InChI=1S/C24H18ClF4N5O/c1-2-19(35)34-10-9-33(12-14(34)7-8-30)23-16-11-18(25)20(21(26)22(16)31-13-32-23)15-5-3-4-6-17(15)24(27,28)29/h2-6,11,13-14H,1,7,9-10,12H2. The van der Waals surface area contributed by atoms with Gasteiger partial charge in [-0.3, -0.25) is 4.79 Å². The predicted octanol–water partition coefficient (Wildman–Crippen LogP) is 5.22. The van der Waals surface area contributed by atoms with Gasteiger partial charge in [-0.1, -0.05) is 36.4 Å². The topological polar surface area (TPSA) is 73.1 Å². The maximum atomic E-state index is 15.7. The third kappa shape index (κ3) is 4.51. The van der Waals surface area contributed by atoms with Gasteiger partial charge in [0.2, 0.25) is 5.91 Å². The number of aromatic nitrogens is 2. The minimum atomic E-state index is -4.71. The Balaban J connectivity index is 1.81. The number of nitrogens with zero attached hydrogens (tertiary/aromatic N) is 5. The molecule has 1 unspecified atom stereocenters. The summed E-state index contributed by atoms with van der Waals surface area (Å²) in [6, 6.07) is 7.55. The van der Waals surface area contributed by atoms with Gasteiger partial charge in [-0.15, -0.1) is 0 Å². The Hall–Kier alpha value is -3.71. The zero-order valence-corrected chi connectivity index (χ0v) is 18.9. The summed E-state index contributed by atoms with van der Waals surface area (Å²) >= 11 is 6.35. The fraction of sp³-hybridized carbons (Fsp3) is 0.250. The van der Waals surface area contributed by atoms with Crippen LogP contribution in [0.5, 0.6) is 0 Å². The van der Waals surface area contributed by atoms with Gasteiger partial charge in [-0.2, -0.15) is 18.4 Å². The van der Waals surface area contributed by atoms with Gasteiger partial charge >= 0.3 is 6.18 Å². The highest BCUT2D eigenvalue weighted by molar-refractivity contribution is 6.34. The van der Waals surface area contributed by atoms with E-state index in [2.05, 4.69) is 22.6 Å². The number of anilines is 1. The van der Waals surface area contributed by atoms with Gasteiger partial charge in [0.05, 0.1) is 29.1 Å². The molecule has 1 fully saturated rings. The molecule has 180 valence electrons. The van der Waals surface area contributed by atoms with Crippen LogP contribution in [0.2, 0.25) is 5.02 Å². The third-order valence-corrected chi connectivity index (χ3v) is 6.17. The second-order valence-electron chi connectivity index (χ2n) is 7.88. The summed E-state index contributed by atoms with van der Waals surface area (Å²) in [5.74, 6) is -0.999. The average molecular weight is 504 g/mol. The smallest absolute Gasteiger partial charge is 0.352 e. The highest BCUT2D eigenvalue weighted by atomic mass is 35.5. The van der Waals surface area contributed by atoms with Crippen LogP contribution in [0.4, 0.5) is 23.4 Å². The number of amides is 1. The molecule has 35 heavy (non-hydrogen) atoms. The lowest BCUT2D eigenvalue weighted by atomic mass is 9.97. The highest BCUT2D eigenvalue weighted by Crippen LogP contribution is 2.43. The third-order valence-electron chi connectivity index (χ3n) is 5.87. The summed E-state index contributed by atoms with van der Waals surface area (Å²) in [6.45, 7) is 4.32. The van der Waals surface area contributed by atoms with Crippen LogP contribution < -0.4 is 4.90 Å². The maximum absolute atomic E-state index is 15.7. The number of halogens is 5. The molecule has 2 aromatic carbocycles. The van der Waals surface area contributed by atoms with Gasteiger partial charge < -0.3 is 9.80 Å². The molecule has 0 saturated carbocycles. The number of fused-ring (bicyclic) bond motifs is 1. The molecule has 0 bridgehead atoms. The SMILES string of the molecule is C=CC(=O)N1CCN(c2ncnc3c(F)c(-c4ccccc4C(F)(F)F)c(Cl)cc23)CC1CC#N. The van der Waals surface area contributed by atoms with E-state index < -0.39 is 34.7 Å². The molecule has 0 N–H and O–H groups in total. The van der Waals surface area contributed by atoms with Crippen LogP contribution in [-0.4, -0.2) is 46.5 Å². The van der Waals surface area contributed by atoms with E-state index in [0.717, 1.165) is 18.5 Å². The van der Waals surface area contributed by atoms with Crippen LogP contribution in [0.15, 0.2) is 49.3 Å². The molecule has 0 aliphatic carbocycles. The number of piperazine rings is 1. The van der Waals surface area contributed by atoms with Crippen molar-refractivity contribution in [2.24, 2.45) is 0 Å². The van der Waals surface area contributed by atoms with E-state index in [9.17, 15) is 23.2 Å². The minimum absolute atomic E-state index is 0.0621. The number of hydrogen-bond donors (Lipinski definition) is 0. The number of rotatable bonds is 4. The quantitative estimate of drug-likeness (QED) is 0.360. The molecule has 1 amide bonds. The molecule has 1 aromatic heterocycles. The van der Waals surface area contributed by atoms with Gasteiger partial charge in [0.1, 0.15) is 17.7 Å². The van der Waals surface area contributed by atoms with Gasteiger partial charge in [0.25, 0.3) is 0 Å². The van der Waals surface area contributed by atoms with Crippen molar-refractivity contribution >= 4 is 34.2 Å². The fourth-order valence-electron chi connectivity index (χ4n) is 4.30. The zero-order chi connectivity index (χ0) is 25.3. The molecule has 0 radical (unpaired) electrons. The van der Waals surface area contributed by atoms with Crippen LogP contribution >= 0.6 is 11.6 Å². The van der Waals surface area contributed by atoms with Crippen molar-refractivity contribution in [2.45, 2.75) is 18.6 Å². The first-order valence-corrected chi connectivity index (χ1v) is 10.9. The van der Waals surface area contributed by atoms with Crippen LogP contribution in [0.1, 0.15) is 12.0 Å². The summed E-state index contributed by atoms with van der Waals surface area (Å²) in [7, 11) is 0. The molecule has 1 aliphatic rings. The summed E-state index contributed by atoms with van der Waals surface area (Å²) in [6.07, 6.45) is -2.35. The lowest BCUT2D eigenvalue weighted by molar-refractivity contribution is -0.137. The summed E-state index contributed by atoms with van der Waals surface area (Å²) in [5, 5.41) is 9.19. The van der Waals surface area contributed by atoms with Gasteiger partial charge in [-0.25, -0.2) is 14.4 Å². The number of nitriles is 1. The first-order valence-electron chi connectivity index (χ1n) is 10.5. The van der Waals surface area contributed by atoms with Crippen molar-refractivity contribution in [3.63, 3.8) is 0 Å². The minimum Gasteiger partial charge on any atom is -0.352 e. The molecule has 0 spiro atoms. The van der Waals surface area contributed by atoms with Gasteiger partial charge in [0.15, 0.2) is 5.82 Å². The summed E-state index contributed by atoms with van der Waals surface area (Å²) in [4.78, 5) is 23.7. The van der Waals surface area contributed by atoms with Crippen molar-refractivity contribution in [3.8, 4) is 17.2 Å². The largest absolute Gasteiger partial charge is 0.417 e. The van der Waals surface area contributed by atoms with Crippen LogP contribution in [0.3, 0.4) is 0 Å². The Kier molecular flexibility index (Phi) is 6.63. The van der Waals surface area contributed by atoms with Gasteiger partial charge in [-0.05, 0) is 23.8 Å². The molecular formula is C24H18ClF4N5O. The fourth-order valence-corrected chi connectivity index (χ4v) is 4.59. The molecule has 4 rings (SSSR count). The van der Waals surface area contributed by atoms with E-state index in [1.165, 1.54) is 29.2 Å². The van der Waals surface area contributed by atoms with Crippen molar-refractivity contribution in [1.82, 2.24) is 14.9 Å². The maximum Gasteiger partial charge on any atom is 0.417 e. The number of hydrogen-bond acceptors (Lipinski definition) is 5. The Morgan fingerprint density at radius 1 is 1.29 bits per heavy atom. The number of carbonyl (C=O) groups is 1. The Labute approximate surface area is 203 Å². The van der Waals surface area contributed by atoms with Crippen molar-refractivity contribution in [3.05, 3.63) is 65.7 Å². The van der Waals surface area contributed by atoms with E-state index in [4.69, 9.17) is 11.6 Å². The Morgan fingerprint density at radius 3 is 2.71 bits per heavy atom. The molecule has 11 heteroatoms. The second-order valence-corrected chi connectivity index (χ2v) is 8.29. The van der Waals surface area contributed by atoms with Crippen LogP contribution in [-0.2, 0) is 11.0 Å². The molecule has 6 nitrogen and oxygen atoms in total. The number of benzene rings is 2. The Morgan fingerprint density at radius 2 is 2.03 bits per heavy atom. The van der Waals surface area contributed by atoms with Crippen LogP contribution in [0, 0.1) is 17.1 Å². The molecule has 3 aromatic rings. The Bertz CT molecular complexity index is 1350. The van der Waals surface area contributed by atoms with E-state index in [1.807, 2.05) is 0 Å². The zero-order valence-electron chi connectivity index (χ0n) is 18.2. The van der Waals surface area contributed by atoms with Crippen molar-refractivity contribution in [2.75, 3.05) is 24.5 Å². The number of carbonyl (C=O) groups excluding carboxylic acids is 1. The summed E-state index contributed by atoms with van der Waals surface area (Å²) < 4.78 is 56.4. The van der Waals surface area contributed by atoms with E-state index in [-0.39, 0.29) is 41.3 Å². The molecular weight excluding hydrogens is 486 g/mol. The lowest BCUT2D eigenvalue weighted by Gasteiger charge is -2.41. The molecule has 1 saturated heterocycles. The van der Waals surface area contributed by atoms with Gasteiger partial charge in [0, 0.05) is 30.6 Å². The first-order chi connectivity index (χ1) is 16.7. The van der Waals surface area contributed by atoms with Crippen molar-refractivity contribution in [1.29, 1.82) is 5.26 Å².